The zero-order valence-corrected chi connectivity index (χ0v) is 25.6. The smallest absolute Gasteiger partial charge is 0.335 e. The van der Waals surface area contributed by atoms with E-state index in [9.17, 15) is 23.2 Å². The highest BCUT2D eigenvalue weighted by atomic mass is 32.2. The van der Waals surface area contributed by atoms with Gasteiger partial charge in [0.15, 0.2) is 17.7 Å². The lowest BCUT2D eigenvalue weighted by atomic mass is 10.1. The summed E-state index contributed by atoms with van der Waals surface area (Å²) in [6.45, 7) is 3.39. The number of amides is 2. The highest BCUT2D eigenvalue weighted by molar-refractivity contribution is 8.26. The van der Waals surface area contributed by atoms with Gasteiger partial charge < -0.3 is 19.9 Å². The number of nitrogens with one attached hydrogen (secondary N) is 1. The minimum absolute atomic E-state index is 0.0772. The number of carboxylic acid groups (broad SMARTS) is 1. The summed E-state index contributed by atoms with van der Waals surface area (Å²) in [5, 5.41) is 13.7. The van der Waals surface area contributed by atoms with Gasteiger partial charge in [-0.1, -0.05) is 30.0 Å². The van der Waals surface area contributed by atoms with Crippen molar-refractivity contribution >= 4 is 69.2 Å². The third-order valence-corrected chi connectivity index (χ3v) is 9.15. The molecule has 230 valence electrons. The monoisotopic (exact) mass is 659 g/mol. The van der Waals surface area contributed by atoms with Gasteiger partial charge in [-0.15, -0.1) is 11.3 Å². The molecule has 3 heterocycles. The van der Waals surface area contributed by atoms with Crippen molar-refractivity contribution in [3.05, 3.63) is 80.9 Å². The van der Waals surface area contributed by atoms with Crippen LogP contribution in [0.15, 0.2) is 58.8 Å². The highest BCUT2D eigenvalue weighted by Gasteiger charge is 2.36. The van der Waals surface area contributed by atoms with Crippen LogP contribution in [0.3, 0.4) is 0 Å². The quantitative estimate of drug-likeness (QED) is 0.219. The number of thiocarbonyl (C=S) groups is 1. The van der Waals surface area contributed by atoms with Gasteiger partial charge in [-0.2, -0.15) is 0 Å². The number of aromatic carboxylic acids is 1. The van der Waals surface area contributed by atoms with E-state index in [0.29, 0.717) is 46.4 Å². The summed E-state index contributed by atoms with van der Waals surface area (Å²) in [5.41, 5.74) is 1.64. The molecule has 2 amide bonds. The van der Waals surface area contributed by atoms with E-state index in [1.165, 1.54) is 46.6 Å². The number of rotatable bonds is 11. The standard InChI is InChI=1S/C30H27F2N3O6S3/c31-23-6-3-19(14-24(23)32)20-13-22(43-17-20)15-26-28(37)35(30(42)44-26)16-25(41-12-9-34-7-10-40-11-8-34)27(36)33-21-4-1-18(2-5-21)29(38)39/h1-6,13-15,17,25H,7-12,16H2,(H,33,36)(H,38,39)/b26-15-. The molecule has 0 radical (unpaired) electrons. The second-order valence-corrected chi connectivity index (χ2v) is 12.5. The largest absolute Gasteiger partial charge is 0.478 e. The molecule has 3 aromatic rings. The molecular formula is C30H27F2N3O6S3. The number of carbonyl (C=O) groups is 3. The molecule has 2 N–H and O–H groups in total. The van der Waals surface area contributed by atoms with Gasteiger partial charge in [0.05, 0.1) is 36.8 Å². The molecule has 44 heavy (non-hydrogen) atoms. The Bertz CT molecular complexity index is 1590. The summed E-state index contributed by atoms with van der Waals surface area (Å²) in [6, 6.07) is 11.1. The van der Waals surface area contributed by atoms with Crippen molar-refractivity contribution in [1.82, 2.24) is 9.80 Å². The molecule has 2 saturated heterocycles. The number of carboxylic acids is 1. The summed E-state index contributed by atoms with van der Waals surface area (Å²) in [7, 11) is 0. The lowest BCUT2D eigenvalue weighted by molar-refractivity contribution is -0.131. The lowest BCUT2D eigenvalue weighted by Gasteiger charge is -2.28. The minimum atomic E-state index is -1.09. The van der Waals surface area contributed by atoms with Crippen molar-refractivity contribution in [3.63, 3.8) is 0 Å². The van der Waals surface area contributed by atoms with Crippen molar-refractivity contribution < 1.29 is 37.7 Å². The van der Waals surface area contributed by atoms with E-state index in [2.05, 4.69) is 10.2 Å². The van der Waals surface area contributed by atoms with Crippen LogP contribution >= 0.6 is 35.3 Å². The fraction of sp³-hybridized carbons (Fsp3) is 0.267. The van der Waals surface area contributed by atoms with E-state index in [0.717, 1.165) is 37.0 Å². The first kappa shape index (κ1) is 31.9. The molecule has 0 spiro atoms. The summed E-state index contributed by atoms with van der Waals surface area (Å²) in [6.07, 6.45) is 0.602. The molecule has 5 rings (SSSR count). The highest BCUT2D eigenvalue weighted by Crippen LogP contribution is 2.35. The van der Waals surface area contributed by atoms with Gasteiger partial charge in [0.25, 0.3) is 11.8 Å². The Kier molecular flexibility index (Phi) is 10.5. The SMILES string of the molecule is O=C(O)c1ccc(NC(=O)C(CN2C(=O)/C(=C/c3cc(-c4ccc(F)c(F)c4)cs3)SC2=S)OCCN2CCOCC2)cc1. The van der Waals surface area contributed by atoms with Crippen LogP contribution in [0, 0.1) is 11.6 Å². The number of hydrogen-bond donors (Lipinski definition) is 2. The van der Waals surface area contributed by atoms with Crippen molar-refractivity contribution in [2.75, 3.05) is 51.3 Å². The van der Waals surface area contributed by atoms with Crippen LogP contribution in [0.5, 0.6) is 0 Å². The number of anilines is 1. The van der Waals surface area contributed by atoms with Crippen LogP contribution in [0.2, 0.25) is 0 Å². The van der Waals surface area contributed by atoms with Gasteiger partial charge in [-0.25, -0.2) is 13.6 Å². The van der Waals surface area contributed by atoms with E-state index in [1.807, 2.05) is 0 Å². The van der Waals surface area contributed by atoms with Crippen molar-refractivity contribution in [1.29, 1.82) is 0 Å². The van der Waals surface area contributed by atoms with E-state index in [-0.39, 0.29) is 28.9 Å². The van der Waals surface area contributed by atoms with Crippen molar-refractivity contribution in [2.45, 2.75) is 6.10 Å². The number of morpholine rings is 1. The molecule has 2 aromatic carbocycles. The maximum absolute atomic E-state index is 13.7. The van der Waals surface area contributed by atoms with E-state index < -0.39 is 29.6 Å². The van der Waals surface area contributed by atoms with Gasteiger partial charge >= 0.3 is 5.97 Å². The zero-order chi connectivity index (χ0) is 31.2. The molecule has 9 nitrogen and oxygen atoms in total. The van der Waals surface area contributed by atoms with Crippen LogP contribution in [0.1, 0.15) is 15.2 Å². The molecule has 2 aliphatic rings. The van der Waals surface area contributed by atoms with E-state index in [4.69, 9.17) is 26.8 Å². The number of halogens is 2. The maximum Gasteiger partial charge on any atom is 0.335 e. The van der Waals surface area contributed by atoms with E-state index >= 15 is 0 Å². The first-order chi connectivity index (χ1) is 21.2. The fourth-order valence-electron chi connectivity index (χ4n) is 4.49. The second-order valence-electron chi connectivity index (χ2n) is 9.84. The van der Waals surface area contributed by atoms with Gasteiger partial charge in [-0.05, 0) is 65.0 Å². The Balaban J connectivity index is 1.28. The number of hydrogen-bond acceptors (Lipinski definition) is 9. The summed E-state index contributed by atoms with van der Waals surface area (Å²) in [4.78, 5) is 42.5. The van der Waals surface area contributed by atoms with Gasteiger partial charge in [-0.3, -0.25) is 19.4 Å². The fourth-order valence-corrected chi connectivity index (χ4v) is 6.68. The van der Waals surface area contributed by atoms with Crippen LogP contribution in [-0.2, 0) is 19.1 Å². The minimum Gasteiger partial charge on any atom is -0.478 e. The molecular weight excluding hydrogens is 633 g/mol. The first-order valence-corrected chi connectivity index (χ1v) is 15.6. The Morgan fingerprint density at radius 1 is 1.09 bits per heavy atom. The van der Waals surface area contributed by atoms with Crippen LogP contribution in [0.25, 0.3) is 17.2 Å². The molecule has 1 aromatic heterocycles. The molecule has 2 fully saturated rings. The van der Waals surface area contributed by atoms with Gasteiger partial charge in [0.2, 0.25) is 0 Å². The lowest BCUT2D eigenvalue weighted by Crippen LogP contribution is -2.45. The average Bonchev–Trinajstić information content (AvgIpc) is 3.58. The van der Waals surface area contributed by atoms with Crippen molar-refractivity contribution in [2.24, 2.45) is 0 Å². The Hall–Kier alpha value is -3.53. The van der Waals surface area contributed by atoms with Crippen LogP contribution in [-0.4, -0.2) is 89.1 Å². The number of thiophene rings is 1. The van der Waals surface area contributed by atoms with E-state index in [1.54, 1.807) is 17.5 Å². The topological polar surface area (TPSA) is 108 Å². The first-order valence-electron chi connectivity index (χ1n) is 13.5. The predicted molar refractivity (Wildman–Crippen MR) is 169 cm³/mol. The van der Waals surface area contributed by atoms with Crippen LogP contribution < -0.4 is 5.32 Å². The van der Waals surface area contributed by atoms with Crippen LogP contribution in [0.4, 0.5) is 14.5 Å². The third kappa shape index (κ3) is 7.94. The van der Waals surface area contributed by atoms with Gasteiger partial charge in [0.1, 0.15) is 4.32 Å². The number of nitrogens with zero attached hydrogens (tertiary/aromatic N) is 2. The molecule has 2 aliphatic heterocycles. The van der Waals surface area contributed by atoms with Gasteiger partial charge in [0, 0.05) is 30.2 Å². The predicted octanol–water partition coefficient (Wildman–Crippen LogP) is 4.95. The molecule has 14 heteroatoms. The molecule has 0 aliphatic carbocycles. The number of thioether (sulfide) groups is 1. The van der Waals surface area contributed by atoms with Crippen molar-refractivity contribution in [3.8, 4) is 11.1 Å². The molecule has 1 atom stereocenters. The summed E-state index contributed by atoms with van der Waals surface area (Å²) < 4.78 is 38.7. The molecule has 0 saturated carbocycles. The summed E-state index contributed by atoms with van der Waals surface area (Å²) >= 11 is 7.93. The third-order valence-electron chi connectivity index (χ3n) is 6.89. The Morgan fingerprint density at radius 2 is 1.84 bits per heavy atom. The number of ether oxygens (including phenoxy) is 2. The second kappa shape index (κ2) is 14.5. The summed E-state index contributed by atoms with van der Waals surface area (Å²) in [5.74, 6) is -3.86. The zero-order valence-electron chi connectivity index (χ0n) is 23.2. The Labute approximate surface area is 265 Å². The molecule has 0 bridgehead atoms. The average molecular weight is 660 g/mol. The number of carbonyl (C=O) groups excluding carboxylic acids is 2. The number of benzene rings is 2. The normalized spacial score (nSPS) is 17.3. The maximum atomic E-state index is 13.7. The molecule has 1 unspecified atom stereocenters. The Morgan fingerprint density at radius 3 is 2.55 bits per heavy atom.